The van der Waals surface area contributed by atoms with Crippen LogP contribution in [0.4, 0.5) is 15.0 Å². The number of nitrogens with zero attached hydrogens (tertiary/aromatic N) is 4. The molecule has 1 N–H and O–H groups in total. The molecule has 2 heterocycles. The van der Waals surface area contributed by atoms with Gasteiger partial charge in [-0.15, -0.1) is 0 Å². The van der Waals surface area contributed by atoms with Crippen molar-refractivity contribution in [2.75, 3.05) is 31.1 Å². The fraction of sp³-hybridized carbons (Fsp3) is 0.500. The molecular weight excluding hydrogens is 379 g/mol. The number of carbonyl (C=O) groups excluding carboxylic acids is 1. The molecule has 8 nitrogen and oxygen atoms in total. The lowest BCUT2D eigenvalue weighted by Gasteiger charge is -2.36. The predicted molar refractivity (Wildman–Crippen MR) is 106 cm³/mol. The van der Waals surface area contributed by atoms with E-state index >= 15 is 0 Å². The SMILES string of the molecule is Cc1cc2c(N3CCN(C(=O)OC(C)(C)C)CC3)nc(C(=O)O)nc2c(F)c1C. The molecule has 9 heteroatoms. The molecule has 3 rings (SSSR count). The summed E-state index contributed by atoms with van der Waals surface area (Å²) in [5, 5.41) is 9.83. The first-order valence-electron chi connectivity index (χ1n) is 9.41. The van der Waals surface area contributed by atoms with Gasteiger partial charge in [0.2, 0.25) is 5.82 Å². The average Bonchev–Trinajstić information content (AvgIpc) is 2.64. The Bertz CT molecular complexity index is 979. The molecule has 0 aliphatic carbocycles. The number of amides is 1. The topological polar surface area (TPSA) is 95.9 Å². The van der Waals surface area contributed by atoms with Crippen LogP contribution in [-0.4, -0.2) is 63.8 Å². The molecule has 1 aliphatic rings. The van der Waals surface area contributed by atoms with Crippen molar-refractivity contribution in [1.29, 1.82) is 0 Å². The van der Waals surface area contributed by atoms with Crippen molar-refractivity contribution in [2.45, 2.75) is 40.2 Å². The first-order chi connectivity index (χ1) is 13.5. The van der Waals surface area contributed by atoms with E-state index in [4.69, 9.17) is 4.74 Å². The van der Waals surface area contributed by atoms with Gasteiger partial charge in [0.25, 0.3) is 0 Å². The molecular formula is C20H25FN4O4. The zero-order valence-corrected chi connectivity index (χ0v) is 17.2. The molecule has 1 fully saturated rings. The van der Waals surface area contributed by atoms with Crippen LogP contribution in [0, 0.1) is 19.7 Å². The molecule has 29 heavy (non-hydrogen) atoms. The molecule has 0 atom stereocenters. The minimum Gasteiger partial charge on any atom is -0.475 e. The average molecular weight is 404 g/mol. The largest absolute Gasteiger partial charge is 0.475 e. The normalized spacial score (nSPS) is 15.0. The van der Waals surface area contributed by atoms with Crippen LogP contribution in [-0.2, 0) is 4.74 Å². The summed E-state index contributed by atoms with van der Waals surface area (Å²) in [6.07, 6.45) is -0.395. The number of carboxylic acids is 1. The van der Waals surface area contributed by atoms with Gasteiger partial charge in [-0.25, -0.2) is 23.9 Å². The van der Waals surface area contributed by atoms with Crippen LogP contribution in [0.3, 0.4) is 0 Å². The third-order valence-electron chi connectivity index (χ3n) is 4.84. The van der Waals surface area contributed by atoms with Gasteiger partial charge in [-0.3, -0.25) is 0 Å². The molecule has 0 unspecified atom stereocenters. The van der Waals surface area contributed by atoms with Crippen molar-refractivity contribution < 1.29 is 23.8 Å². The first kappa shape index (κ1) is 20.8. The Hall–Kier alpha value is -2.97. The number of carboxylic acid groups (broad SMARTS) is 1. The van der Waals surface area contributed by atoms with E-state index in [1.165, 1.54) is 0 Å². The first-order valence-corrected chi connectivity index (χ1v) is 9.41. The van der Waals surface area contributed by atoms with Crippen LogP contribution < -0.4 is 4.90 Å². The zero-order chi connectivity index (χ0) is 21.5. The van der Waals surface area contributed by atoms with E-state index in [2.05, 4.69) is 9.97 Å². The van der Waals surface area contributed by atoms with Crippen LogP contribution in [0.2, 0.25) is 0 Å². The molecule has 1 aromatic carbocycles. The maximum absolute atomic E-state index is 14.8. The third kappa shape index (κ3) is 4.23. The Labute approximate surface area is 168 Å². The number of hydrogen-bond donors (Lipinski definition) is 1. The lowest BCUT2D eigenvalue weighted by atomic mass is 10.0. The summed E-state index contributed by atoms with van der Waals surface area (Å²) in [4.78, 5) is 35.3. The monoisotopic (exact) mass is 404 g/mol. The summed E-state index contributed by atoms with van der Waals surface area (Å²) in [6.45, 7) is 10.4. The van der Waals surface area contributed by atoms with Crippen molar-refractivity contribution in [2.24, 2.45) is 0 Å². The number of ether oxygens (including phenoxy) is 1. The van der Waals surface area contributed by atoms with Crippen molar-refractivity contribution >= 4 is 28.8 Å². The molecule has 2 aromatic rings. The number of aromatic nitrogens is 2. The Balaban J connectivity index is 1.94. The summed E-state index contributed by atoms with van der Waals surface area (Å²) in [5.41, 5.74) is 0.564. The van der Waals surface area contributed by atoms with Crippen molar-refractivity contribution in [3.05, 3.63) is 28.8 Å². The number of fused-ring (bicyclic) bond motifs is 1. The second kappa shape index (κ2) is 7.46. The zero-order valence-electron chi connectivity index (χ0n) is 17.2. The van der Waals surface area contributed by atoms with E-state index in [9.17, 15) is 19.1 Å². The van der Waals surface area contributed by atoms with Gasteiger partial charge in [0.1, 0.15) is 16.9 Å². The second-order valence-corrected chi connectivity index (χ2v) is 8.16. The van der Waals surface area contributed by atoms with Gasteiger partial charge in [-0.2, -0.15) is 0 Å². The van der Waals surface area contributed by atoms with E-state index in [0.717, 1.165) is 5.56 Å². The van der Waals surface area contributed by atoms with Crippen LogP contribution in [0.15, 0.2) is 6.07 Å². The number of halogens is 1. The summed E-state index contributed by atoms with van der Waals surface area (Å²) in [7, 11) is 0. The van der Waals surface area contributed by atoms with Crippen LogP contribution >= 0.6 is 0 Å². The number of benzene rings is 1. The lowest BCUT2D eigenvalue weighted by molar-refractivity contribution is 0.0240. The van der Waals surface area contributed by atoms with E-state index in [-0.39, 0.29) is 5.52 Å². The predicted octanol–water partition coefficient (Wildman–Crippen LogP) is 3.14. The minimum atomic E-state index is -1.32. The van der Waals surface area contributed by atoms with Gasteiger partial charge < -0.3 is 19.6 Å². The Morgan fingerprint density at radius 1 is 1.14 bits per heavy atom. The third-order valence-corrected chi connectivity index (χ3v) is 4.84. The molecule has 156 valence electrons. The standard InChI is InChI=1S/C20H25FN4O4/c1-11-10-13-15(14(21)12(11)2)22-16(18(26)27)23-17(13)24-6-8-25(9-7-24)19(28)29-20(3,4)5/h10H,6-9H2,1-5H3,(H,26,27). The molecule has 1 aliphatic heterocycles. The van der Waals surface area contributed by atoms with E-state index < -0.39 is 29.3 Å². The van der Waals surface area contributed by atoms with E-state index in [1.54, 1.807) is 45.6 Å². The van der Waals surface area contributed by atoms with Gasteiger partial charge in [0.05, 0.1) is 0 Å². The minimum absolute atomic E-state index is 0.00919. The van der Waals surface area contributed by atoms with E-state index in [0.29, 0.717) is 42.9 Å². The molecule has 0 spiro atoms. The maximum Gasteiger partial charge on any atom is 0.410 e. The molecule has 1 saturated heterocycles. The van der Waals surface area contributed by atoms with Crippen molar-refractivity contribution in [3.63, 3.8) is 0 Å². The van der Waals surface area contributed by atoms with Crippen molar-refractivity contribution in [1.82, 2.24) is 14.9 Å². The van der Waals surface area contributed by atoms with Gasteiger partial charge in [0.15, 0.2) is 5.82 Å². The number of carbonyl (C=O) groups is 2. The highest BCUT2D eigenvalue weighted by molar-refractivity contribution is 5.95. The summed E-state index contributed by atoms with van der Waals surface area (Å²) in [5.74, 6) is -1.96. The Morgan fingerprint density at radius 2 is 1.76 bits per heavy atom. The fourth-order valence-electron chi connectivity index (χ4n) is 3.20. The van der Waals surface area contributed by atoms with Gasteiger partial charge >= 0.3 is 12.1 Å². The van der Waals surface area contributed by atoms with Crippen LogP contribution in [0.25, 0.3) is 10.9 Å². The summed E-state index contributed by atoms with van der Waals surface area (Å²) < 4.78 is 20.2. The summed E-state index contributed by atoms with van der Waals surface area (Å²) in [6, 6.07) is 1.77. The fourth-order valence-corrected chi connectivity index (χ4v) is 3.20. The molecule has 0 saturated carbocycles. The van der Waals surface area contributed by atoms with Gasteiger partial charge in [-0.05, 0) is 51.8 Å². The quantitative estimate of drug-likeness (QED) is 0.821. The number of anilines is 1. The number of aryl methyl sites for hydroxylation is 1. The number of piperazine rings is 1. The highest BCUT2D eigenvalue weighted by atomic mass is 19.1. The molecule has 1 aromatic heterocycles. The van der Waals surface area contributed by atoms with Gasteiger partial charge in [-0.1, -0.05) is 0 Å². The lowest BCUT2D eigenvalue weighted by Crippen LogP contribution is -2.50. The van der Waals surface area contributed by atoms with Crippen LogP contribution in [0.1, 0.15) is 42.5 Å². The van der Waals surface area contributed by atoms with Gasteiger partial charge in [0, 0.05) is 31.6 Å². The highest BCUT2D eigenvalue weighted by Crippen LogP contribution is 2.30. The Morgan fingerprint density at radius 3 is 2.31 bits per heavy atom. The number of aromatic carboxylic acids is 1. The molecule has 0 bridgehead atoms. The summed E-state index contributed by atoms with van der Waals surface area (Å²) >= 11 is 0. The second-order valence-electron chi connectivity index (χ2n) is 8.16. The highest BCUT2D eigenvalue weighted by Gasteiger charge is 2.28. The number of rotatable bonds is 2. The smallest absolute Gasteiger partial charge is 0.410 e. The van der Waals surface area contributed by atoms with Crippen LogP contribution in [0.5, 0.6) is 0 Å². The molecule has 1 amide bonds. The van der Waals surface area contributed by atoms with Crippen molar-refractivity contribution in [3.8, 4) is 0 Å². The molecule has 0 radical (unpaired) electrons. The Kier molecular flexibility index (Phi) is 5.34. The number of hydrogen-bond acceptors (Lipinski definition) is 6. The maximum atomic E-state index is 14.8. The van der Waals surface area contributed by atoms with E-state index in [1.807, 2.05) is 4.90 Å².